The van der Waals surface area contributed by atoms with Crippen LogP contribution in [0.15, 0.2) is 10.7 Å². The van der Waals surface area contributed by atoms with E-state index in [9.17, 15) is 5.11 Å². The van der Waals surface area contributed by atoms with Gasteiger partial charge in [0.1, 0.15) is 6.10 Å². The molecule has 0 amide bonds. The molecule has 0 spiro atoms. The van der Waals surface area contributed by atoms with Gasteiger partial charge in [-0.15, -0.1) is 0 Å². The summed E-state index contributed by atoms with van der Waals surface area (Å²) in [6.45, 7) is 7.27. The molecular weight excluding hydrogens is 272 g/mol. The van der Waals surface area contributed by atoms with Crippen LogP contribution < -0.4 is 0 Å². The van der Waals surface area contributed by atoms with Gasteiger partial charge in [0.25, 0.3) is 0 Å². The highest BCUT2D eigenvalue weighted by atomic mass is 79.9. The zero-order valence-electron chi connectivity index (χ0n) is 9.98. The minimum atomic E-state index is -0.637. The van der Waals surface area contributed by atoms with E-state index < -0.39 is 6.10 Å². The van der Waals surface area contributed by atoms with E-state index in [4.69, 9.17) is 4.74 Å². The maximum atomic E-state index is 10.3. The van der Waals surface area contributed by atoms with Crippen LogP contribution in [0.1, 0.15) is 39.0 Å². The Balaban J connectivity index is 2.92. The van der Waals surface area contributed by atoms with Crippen molar-refractivity contribution in [3.8, 4) is 0 Å². The van der Waals surface area contributed by atoms with Crippen molar-refractivity contribution in [2.75, 3.05) is 6.61 Å². The minimum absolute atomic E-state index is 0.178. The van der Waals surface area contributed by atoms with Crippen LogP contribution in [-0.4, -0.2) is 27.6 Å². The number of nitrogens with zero attached hydrogens (tertiary/aromatic N) is 2. The number of rotatable bonds is 6. The first-order chi connectivity index (χ1) is 7.65. The smallest absolute Gasteiger partial charge is 0.123 e. The van der Waals surface area contributed by atoms with Gasteiger partial charge in [-0.1, -0.05) is 6.92 Å². The predicted molar refractivity (Wildman–Crippen MR) is 66.3 cm³/mol. The van der Waals surface area contributed by atoms with E-state index in [-0.39, 0.29) is 6.10 Å². The van der Waals surface area contributed by atoms with Crippen LogP contribution in [-0.2, 0) is 11.3 Å². The molecule has 2 unspecified atom stereocenters. The van der Waals surface area contributed by atoms with E-state index >= 15 is 0 Å². The van der Waals surface area contributed by atoms with Crippen molar-refractivity contribution in [3.63, 3.8) is 0 Å². The van der Waals surface area contributed by atoms with Gasteiger partial charge in [-0.3, -0.25) is 4.68 Å². The number of aromatic nitrogens is 2. The molecule has 0 bridgehead atoms. The molecule has 0 aliphatic carbocycles. The molecular formula is C11H19BrN2O2. The summed E-state index contributed by atoms with van der Waals surface area (Å²) in [5.41, 5.74) is 0.794. The zero-order valence-corrected chi connectivity index (χ0v) is 11.6. The number of ether oxygens (including phenoxy) is 1. The van der Waals surface area contributed by atoms with Crippen LogP contribution in [0.2, 0.25) is 0 Å². The number of aliphatic hydroxyl groups excluding tert-OH is 1. The fraction of sp³-hybridized carbons (Fsp3) is 0.727. The highest BCUT2D eigenvalue weighted by Gasteiger charge is 2.25. The summed E-state index contributed by atoms with van der Waals surface area (Å²) in [7, 11) is 0. The van der Waals surface area contributed by atoms with Gasteiger partial charge >= 0.3 is 0 Å². The van der Waals surface area contributed by atoms with Crippen molar-refractivity contribution in [2.45, 2.75) is 45.9 Å². The van der Waals surface area contributed by atoms with Crippen molar-refractivity contribution in [3.05, 3.63) is 16.4 Å². The maximum absolute atomic E-state index is 10.3. The third-order valence-electron chi connectivity index (χ3n) is 2.55. The molecule has 0 radical (unpaired) electrons. The van der Waals surface area contributed by atoms with Crippen LogP contribution in [0.4, 0.5) is 0 Å². The molecule has 5 heteroatoms. The zero-order chi connectivity index (χ0) is 12.1. The Labute approximate surface area is 105 Å². The average molecular weight is 291 g/mol. The largest absolute Gasteiger partial charge is 0.384 e. The second kappa shape index (κ2) is 6.37. The summed E-state index contributed by atoms with van der Waals surface area (Å²) in [5.74, 6) is 0. The van der Waals surface area contributed by atoms with Crippen LogP contribution >= 0.6 is 15.9 Å². The molecule has 0 aliphatic heterocycles. The maximum Gasteiger partial charge on any atom is 0.123 e. The minimum Gasteiger partial charge on any atom is -0.384 e. The van der Waals surface area contributed by atoms with Crippen molar-refractivity contribution in [1.29, 1.82) is 0 Å². The SMILES string of the molecule is CCOC(CC)C(O)c1c(Br)cnn1CC. The summed E-state index contributed by atoms with van der Waals surface area (Å²) >= 11 is 3.41. The standard InChI is InChI=1S/C11H19BrN2O2/c1-4-9(16-6-3)11(15)10-8(12)7-13-14(10)5-2/h7,9,11,15H,4-6H2,1-3H3. The molecule has 1 rings (SSSR count). The normalized spacial score (nSPS) is 15.1. The topological polar surface area (TPSA) is 47.3 Å². The lowest BCUT2D eigenvalue weighted by atomic mass is 10.1. The van der Waals surface area contributed by atoms with Crippen LogP contribution in [0, 0.1) is 0 Å². The second-order valence-electron chi connectivity index (χ2n) is 3.54. The van der Waals surface area contributed by atoms with E-state index in [0.29, 0.717) is 6.61 Å². The van der Waals surface area contributed by atoms with E-state index in [0.717, 1.165) is 23.1 Å². The van der Waals surface area contributed by atoms with Crippen molar-refractivity contribution in [1.82, 2.24) is 9.78 Å². The van der Waals surface area contributed by atoms with Crippen LogP contribution in [0.3, 0.4) is 0 Å². The Bertz CT molecular complexity index is 328. The van der Waals surface area contributed by atoms with Crippen LogP contribution in [0.5, 0.6) is 0 Å². The molecule has 4 nitrogen and oxygen atoms in total. The van der Waals surface area contributed by atoms with Gasteiger partial charge in [-0.2, -0.15) is 5.10 Å². The van der Waals surface area contributed by atoms with E-state index in [1.807, 2.05) is 20.8 Å². The quantitative estimate of drug-likeness (QED) is 0.876. The Morgan fingerprint density at radius 3 is 2.69 bits per heavy atom. The first-order valence-electron chi connectivity index (χ1n) is 5.66. The third-order valence-corrected chi connectivity index (χ3v) is 3.16. The van der Waals surface area contributed by atoms with E-state index in [2.05, 4.69) is 21.0 Å². The van der Waals surface area contributed by atoms with Crippen LogP contribution in [0.25, 0.3) is 0 Å². The molecule has 0 aromatic carbocycles. The van der Waals surface area contributed by atoms with Crippen molar-refractivity contribution in [2.24, 2.45) is 0 Å². The van der Waals surface area contributed by atoms with E-state index in [1.165, 1.54) is 0 Å². The highest BCUT2D eigenvalue weighted by molar-refractivity contribution is 9.10. The predicted octanol–water partition coefficient (Wildman–Crippen LogP) is 2.51. The van der Waals surface area contributed by atoms with Crippen molar-refractivity contribution < 1.29 is 9.84 Å². The summed E-state index contributed by atoms with van der Waals surface area (Å²) in [6, 6.07) is 0. The summed E-state index contributed by atoms with van der Waals surface area (Å²) < 4.78 is 8.14. The fourth-order valence-electron chi connectivity index (χ4n) is 1.74. The molecule has 1 aromatic heterocycles. The van der Waals surface area contributed by atoms with Crippen molar-refractivity contribution >= 4 is 15.9 Å². The van der Waals surface area contributed by atoms with Gasteiger partial charge in [0, 0.05) is 13.2 Å². The van der Waals surface area contributed by atoms with Gasteiger partial charge in [0.15, 0.2) is 0 Å². The Kier molecular flexibility index (Phi) is 5.44. The lowest BCUT2D eigenvalue weighted by molar-refractivity contribution is -0.0394. The first kappa shape index (κ1) is 13.7. The Morgan fingerprint density at radius 1 is 1.50 bits per heavy atom. The number of aryl methyl sites for hydroxylation is 1. The molecule has 1 heterocycles. The Morgan fingerprint density at radius 2 is 2.19 bits per heavy atom. The fourth-order valence-corrected chi connectivity index (χ4v) is 2.27. The molecule has 0 aliphatic rings. The van der Waals surface area contributed by atoms with Gasteiger partial charge in [0.05, 0.1) is 22.5 Å². The lowest BCUT2D eigenvalue weighted by Crippen LogP contribution is -2.24. The molecule has 16 heavy (non-hydrogen) atoms. The van der Waals surface area contributed by atoms with E-state index in [1.54, 1.807) is 10.9 Å². The van der Waals surface area contributed by atoms with Gasteiger partial charge in [-0.25, -0.2) is 0 Å². The molecule has 0 saturated heterocycles. The summed E-state index contributed by atoms with van der Waals surface area (Å²) in [5, 5.41) is 14.5. The molecule has 2 atom stereocenters. The molecule has 0 saturated carbocycles. The number of hydrogen-bond acceptors (Lipinski definition) is 3. The average Bonchev–Trinajstić information content (AvgIpc) is 2.66. The summed E-state index contributed by atoms with van der Waals surface area (Å²) in [4.78, 5) is 0. The first-order valence-corrected chi connectivity index (χ1v) is 6.45. The molecule has 0 fully saturated rings. The monoisotopic (exact) mass is 290 g/mol. The van der Waals surface area contributed by atoms with Gasteiger partial charge < -0.3 is 9.84 Å². The number of hydrogen-bond donors (Lipinski definition) is 1. The van der Waals surface area contributed by atoms with Gasteiger partial charge in [0.2, 0.25) is 0 Å². The van der Waals surface area contributed by atoms with Gasteiger partial charge in [-0.05, 0) is 36.2 Å². The lowest BCUT2D eigenvalue weighted by Gasteiger charge is -2.22. The molecule has 92 valence electrons. The third kappa shape index (κ3) is 2.84. The summed E-state index contributed by atoms with van der Waals surface area (Å²) in [6.07, 6.45) is 1.67. The highest BCUT2D eigenvalue weighted by Crippen LogP contribution is 2.28. The molecule has 1 aromatic rings. The number of aliphatic hydroxyl groups is 1. The second-order valence-corrected chi connectivity index (χ2v) is 4.39. The number of halogens is 1. The Hall–Kier alpha value is -0.390. The molecule has 1 N–H and O–H groups in total.